The minimum Gasteiger partial charge on any atom is -0.510 e. The number of aliphatic hydroxyl groups excluding tert-OH is 3. The minimum absolute atomic E-state index is 0.0765. The zero-order valence-electron chi connectivity index (χ0n) is 24.1. The molecular formula is C29H34F3N3O9. The molecule has 1 aromatic carbocycles. The van der Waals surface area contributed by atoms with Gasteiger partial charge < -0.3 is 36.4 Å². The van der Waals surface area contributed by atoms with Crippen molar-refractivity contribution in [2.45, 2.75) is 61.8 Å². The van der Waals surface area contributed by atoms with Gasteiger partial charge >= 0.3 is 6.18 Å². The maximum absolute atomic E-state index is 14.0. The number of fused-ring (bicyclic) bond motifs is 3. The Bertz CT molecular complexity index is 1510. The summed E-state index contributed by atoms with van der Waals surface area (Å²) in [5, 5.41) is 67.0. The summed E-state index contributed by atoms with van der Waals surface area (Å²) in [7, 11) is 2.88. The van der Waals surface area contributed by atoms with E-state index in [-0.39, 0.29) is 36.3 Å². The van der Waals surface area contributed by atoms with Crippen LogP contribution in [0.3, 0.4) is 0 Å². The average Bonchev–Trinajstić information content (AvgIpc) is 2.92. The van der Waals surface area contributed by atoms with E-state index in [9.17, 15) is 58.2 Å². The number of likely N-dealkylation sites (N-methyl/N-ethyl adjacent to an activating group) is 1. The van der Waals surface area contributed by atoms with Crippen molar-refractivity contribution in [2.75, 3.05) is 27.2 Å². The number of hydrogen-bond acceptors (Lipinski definition) is 11. The number of hydrogen-bond donors (Lipinski definition) is 7. The van der Waals surface area contributed by atoms with E-state index >= 15 is 0 Å². The van der Waals surface area contributed by atoms with E-state index in [1.807, 2.05) is 0 Å². The smallest absolute Gasteiger partial charge is 0.417 e. The van der Waals surface area contributed by atoms with Crippen molar-refractivity contribution < 1.29 is 58.2 Å². The van der Waals surface area contributed by atoms with Gasteiger partial charge in [0.05, 0.1) is 23.6 Å². The fraction of sp³-hybridized carbons (Fsp3) is 0.552. The lowest BCUT2D eigenvalue weighted by atomic mass is 9.55. The van der Waals surface area contributed by atoms with Gasteiger partial charge in [-0.3, -0.25) is 24.2 Å². The van der Waals surface area contributed by atoms with Crippen molar-refractivity contribution >= 4 is 17.5 Å². The van der Waals surface area contributed by atoms with Gasteiger partial charge in [0.2, 0.25) is 5.78 Å². The van der Waals surface area contributed by atoms with Crippen molar-refractivity contribution in [1.29, 1.82) is 0 Å². The molecule has 240 valence electrons. The number of aromatic hydroxyl groups is 1. The van der Waals surface area contributed by atoms with Gasteiger partial charge in [0.1, 0.15) is 22.8 Å². The number of phenolic OH excluding ortho intramolecular Hbond substituents is 1. The second kappa shape index (κ2) is 10.3. The zero-order valence-corrected chi connectivity index (χ0v) is 24.1. The second-order valence-corrected chi connectivity index (χ2v) is 12.4. The molecule has 1 heterocycles. The molecule has 4 aliphatic rings. The highest BCUT2D eigenvalue weighted by Gasteiger charge is 2.67. The van der Waals surface area contributed by atoms with Crippen LogP contribution in [-0.2, 0) is 16.1 Å². The quantitative estimate of drug-likeness (QED) is 0.230. The highest BCUT2D eigenvalue weighted by molar-refractivity contribution is 6.25. The molecule has 0 spiro atoms. The summed E-state index contributed by atoms with van der Waals surface area (Å²) in [6, 6.07) is 1.63. The first-order chi connectivity index (χ1) is 20.3. The fourth-order valence-corrected chi connectivity index (χ4v) is 7.40. The van der Waals surface area contributed by atoms with Gasteiger partial charge in [-0.05, 0) is 38.4 Å². The van der Waals surface area contributed by atoms with E-state index in [2.05, 4.69) is 0 Å². The lowest BCUT2D eigenvalue weighted by molar-refractivity contribution is -0.272. The maximum atomic E-state index is 14.0. The fourth-order valence-electron chi connectivity index (χ4n) is 7.40. The molecular weight excluding hydrogens is 591 g/mol. The summed E-state index contributed by atoms with van der Waals surface area (Å²) in [6.07, 6.45) is -7.70. The number of piperidine rings is 1. The highest BCUT2D eigenvalue weighted by atomic mass is 19.4. The molecule has 5 rings (SSSR count). The van der Waals surface area contributed by atoms with Crippen LogP contribution in [0.15, 0.2) is 34.8 Å². The number of alkyl halides is 3. The van der Waals surface area contributed by atoms with Gasteiger partial charge in [0.25, 0.3) is 5.91 Å². The molecule has 1 amide bonds. The molecule has 1 fully saturated rings. The van der Waals surface area contributed by atoms with Crippen LogP contribution in [0, 0.1) is 11.8 Å². The van der Waals surface area contributed by atoms with Crippen LogP contribution in [0.4, 0.5) is 13.2 Å². The van der Waals surface area contributed by atoms with Crippen molar-refractivity contribution in [3.05, 3.63) is 51.5 Å². The molecule has 15 heteroatoms. The number of amides is 1. The van der Waals surface area contributed by atoms with Gasteiger partial charge in [0, 0.05) is 36.7 Å². The van der Waals surface area contributed by atoms with Crippen LogP contribution in [0.1, 0.15) is 47.2 Å². The first kappa shape index (κ1) is 31.9. The Hall–Kier alpha value is -3.50. The van der Waals surface area contributed by atoms with Crippen LogP contribution >= 0.6 is 0 Å². The SMILES string of the molecule is C[C@H]1c2ccc(CN3CCC(O)(C(F)(F)F)CC3)c(O)c2C(=O)C2=C(O)C3(O)C(=O)C(C(N)=O)=C(O)[C@@H](N(C)C)[C@@H]3[C@@H](O)[C@@H]21. The van der Waals surface area contributed by atoms with Crippen molar-refractivity contribution in [1.82, 2.24) is 9.80 Å². The topological polar surface area (TPSA) is 205 Å². The number of carbonyl (C=O) groups excluding carboxylic acids is 3. The first-order valence-corrected chi connectivity index (χ1v) is 14.0. The van der Waals surface area contributed by atoms with Crippen LogP contribution in [-0.4, -0.2) is 115 Å². The molecule has 8 N–H and O–H groups in total. The number of nitrogens with two attached hydrogens (primary N) is 1. The van der Waals surface area contributed by atoms with Crippen LogP contribution in [0.2, 0.25) is 0 Å². The maximum Gasteiger partial charge on any atom is 0.417 e. The Kier molecular flexibility index (Phi) is 7.45. The van der Waals surface area contributed by atoms with Gasteiger partial charge in [-0.2, -0.15) is 13.2 Å². The normalized spacial score (nSPS) is 32.5. The molecule has 1 unspecified atom stereocenters. The Morgan fingerprint density at radius 2 is 1.70 bits per heavy atom. The predicted octanol–water partition coefficient (Wildman–Crippen LogP) is 0.542. The molecule has 1 aromatic rings. The Morgan fingerprint density at radius 3 is 2.23 bits per heavy atom. The molecule has 12 nitrogen and oxygen atoms in total. The Balaban J connectivity index is 1.57. The van der Waals surface area contributed by atoms with Gasteiger partial charge in [-0.1, -0.05) is 19.1 Å². The van der Waals surface area contributed by atoms with Crippen molar-refractivity contribution in [3.8, 4) is 5.75 Å². The predicted molar refractivity (Wildman–Crippen MR) is 145 cm³/mol. The van der Waals surface area contributed by atoms with E-state index < -0.39 is 106 Å². The number of carbonyl (C=O) groups is 3. The average molecular weight is 626 g/mol. The lowest BCUT2D eigenvalue weighted by Gasteiger charge is -2.53. The highest BCUT2D eigenvalue weighted by Crippen LogP contribution is 2.55. The third kappa shape index (κ3) is 4.28. The second-order valence-electron chi connectivity index (χ2n) is 12.4. The third-order valence-corrected chi connectivity index (χ3v) is 9.82. The number of phenols is 1. The molecule has 1 saturated heterocycles. The monoisotopic (exact) mass is 625 g/mol. The number of rotatable bonds is 4. The molecule has 0 bridgehead atoms. The molecule has 0 radical (unpaired) electrons. The van der Waals surface area contributed by atoms with Crippen LogP contribution < -0.4 is 5.73 Å². The van der Waals surface area contributed by atoms with Crippen molar-refractivity contribution in [3.63, 3.8) is 0 Å². The molecule has 3 aliphatic carbocycles. The number of ketones is 2. The van der Waals surface area contributed by atoms with E-state index in [1.165, 1.54) is 31.1 Å². The summed E-state index contributed by atoms with van der Waals surface area (Å²) < 4.78 is 39.7. The Labute approximate surface area is 249 Å². The van der Waals surface area contributed by atoms with E-state index in [0.717, 1.165) is 0 Å². The number of primary amides is 1. The Morgan fingerprint density at radius 1 is 1.11 bits per heavy atom. The molecule has 6 atom stereocenters. The van der Waals surface area contributed by atoms with Crippen molar-refractivity contribution in [2.24, 2.45) is 17.6 Å². The number of benzene rings is 1. The largest absolute Gasteiger partial charge is 0.510 e. The number of halogens is 3. The van der Waals surface area contributed by atoms with E-state index in [1.54, 1.807) is 11.8 Å². The number of aliphatic hydroxyl groups is 5. The number of nitrogens with zero attached hydrogens (tertiary/aromatic N) is 2. The lowest BCUT2D eigenvalue weighted by Crippen LogP contribution is -2.68. The van der Waals surface area contributed by atoms with Crippen LogP contribution in [0.5, 0.6) is 5.75 Å². The molecule has 0 aromatic heterocycles. The third-order valence-electron chi connectivity index (χ3n) is 9.82. The molecule has 1 aliphatic heterocycles. The van der Waals surface area contributed by atoms with Crippen LogP contribution in [0.25, 0.3) is 0 Å². The number of likely N-dealkylation sites (tertiary alicyclic amines) is 1. The molecule has 0 saturated carbocycles. The van der Waals surface area contributed by atoms with Gasteiger partial charge in [0.15, 0.2) is 17.0 Å². The standard InChI is InChI=1S/C29H34F3N3O9/c1-11-13-5-4-12(10-35-8-6-27(43,7-9-35)29(30,31)32)20(36)15(13)21(37)16-14(11)22(38)18-19(34(2)3)23(39)17(26(33)42)25(41)28(18,44)24(16)40/h4-5,11,14,18-19,22,36,38-40,43-44H,6-10H2,1-3H3,(H2,33,42)/t11-,14+,18+,19-,22-,28?/m0/s1. The summed E-state index contributed by atoms with van der Waals surface area (Å²) in [6.45, 7) is 1.22. The summed E-state index contributed by atoms with van der Waals surface area (Å²) in [5.74, 6) is -10.0. The summed E-state index contributed by atoms with van der Waals surface area (Å²) in [5.41, 5.74) is -1.95. The molecule has 44 heavy (non-hydrogen) atoms. The zero-order chi connectivity index (χ0) is 32.8. The van der Waals surface area contributed by atoms with Gasteiger partial charge in [-0.15, -0.1) is 0 Å². The summed E-state index contributed by atoms with van der Waals surface area (Å²) in [4.78, 5) is 42.5. The van der Waals surface area contributed by atoms with E-state index in [4.69, 9.17) is 5.73 Å². The van der Waals surface area contributed by atoms with E-state index in [0.29, 0.717) is 0 Å². The minimum atomic E-state index is -4.80. The number of Topliss-reactive ketones (excluding diaryl/α,β-unsaturated/α-hetero) is 2. The first-order valence-electron chi connectivity index (χ1n) is 14.0. The van der Waals surface area contributed by atoms with Gasteiger partial charge in [-0.25, -0.2) is 0 Å². The summed E-state index contributed by atoms with van der Waals surface area (Å²) >= 11 is 0.